The molecule has 86 valence electrons. The number of benzene rings is 1. The van der Waals surface area contributed by atoms with Crippen LogP contribution in [0, 0.1) is 10.1 Å². The van der Waals surface area contributed by atoms with Gasteiger partial charge in [-0.3, -0.25) is 14.9 Å². The van der Waals surface area contributed by atoms with Gasteiger partial charge < -0.3 is 10.1 Å². The van der Waals surface area contributed by atoms with E-state index in [4.69, 9.17) is 16.3 Å². The van der Waals surface area contributed by atoms with Crippen LogP contribution in [0.25, 0.3) is 0 Å². The van der Waals surface area contributed by atoms with Crippen molar-refractivity contribution in [1.29, 1.82) is 0 Å². The molecule has 1 N–H and O–H groups in total. The fourth-order valence-electron chi connectivity index (χ4n) is 0.970. The molecule has 0 radical (unpaired) electrons. The van der Waals surface area contributed by atoms with E-state index in [0.29, 0.717) is 5.02 Å². The van der Waals surface area contributed by atoms with E-state index in [-0.39, 0.29) is 24.0 Å². The molecule has 1 amide bonds. The highest BCUT2D eigenvalue weighted by Crippen LogP contribution is 2.29. The van der Waals surface area contributed by atoms with E-state index < -0.39 is 4.92 Å². The normalized spacial score (nSPS) is 9.62. The standard InChI is InChI=1S/C9H9ClN2O4/c1-11-9(13)5-16-8-4-6(10)2-3-7(8)12(14)15/h2-4H,5H2,1H3,(H,11,13). The van der Waals surface area contributed by atoms with Gasteiger partial charge in [-0.1, -0.05) is 11.6 Å². The Morgan fingerprint density at radius 3 is 2.88 bits per heavy atom. The van der Waals surface area contributed by atoms with Gasteiger partial charge in [0.1, 0.15) is 0 Å². The van der Waals surface area contributed by atoms with Gasteiger partial charge in [-0.05, 0) is 6.07 Å². The minimum Gasteiger partial charge on any atom is -0.477 e. The van der Waals surface area contributed by atoms with E-state index in [1.807, 2.05) is 0 Å². The Bertz CT molecular complexity index is 422. The van der Waals surface area contributed by atoms with E-state index >= 15 is 0 Å². The first-order chi connectivity index (χ1) is 7.54. The fourth-order valence-corrected chi connectivity index (χ4v) is 1.13. The smallest absolute Gasteiger partial charge is 0.311 e. The number of amides is 1. The lowest BCUT2D eigenvalue weighted by atomic mass is 10.3. The Balaban J connectivity index is 2.88. The molecule has 0 unspecified atom stereocenters. The lowest BCUT2D eigenvalue weighted by Gasteiger charge is -2.05. The molecule has 0 heterocycles. The van der Waals surface area contributed by atoms with Crippen molar-refractivity contribution in [2.45, 2.75) is 0 Å². The number of rotatable bonds is 4. The maximum atomic E-state index is 10.9. The first kappa shape index (κ1) is 12.3. The highest BCUT2D eigenvalue weighted by molar-refractivity contribution is 6.30. The van der Waals surface area contributed by atoms with Crippen LogP contribution in [0.3, 0.4) is 0 Å². The van der Waals surface area contributed by atoms with Crippen molar-refractivity contribution in [3.05, 3.63) is 33.3 Å². The van der Waals surface area contributed by atoms with E-state index in [1.54, 1.807) is 0 Å². The number of nitrogens with one attached hydrogen (secondary N) is 1. The third-order valence-corrected chi connectivity index (χ3v) is 1.99. The number of hydrogen-bond donors (Lipinski definition) is 1. The lowest BCUT2D eigenvalue weighted by Crippen LogP contribution is -2.25. The third-order valence-electron chi connectivity index (χ3n) is 1.76. The highest BCUT2D eigenvalue weighted by atomic mass is 35.5. The zero-order valence-corrected chi connectivity index (χ0v) is 9.15. The molecule has 0 bridgehead atoms. The van der Waals surface area contributed by atoms with Crippen LogP contribution in [0.5, 0.6) is 5.75 Å². The first-order valence-corrected chi connectivity index (χ1v) is 4.69. The van der Waals surface area contributed by atoms with Gasteiger partial charge in [-0.2, -0.15) is 0 Å². The quantitative estimate of drug-likeness (QED) is 0.641. The Hall–Kier alpha value is -1.82. The number of nitrogens with zero attached hydrogens (tertiary/aromatic N) is 1. The average Bonchev–Trinajstić information content (AvgIpc) is 2.25. The second kappa shape index (κ2) is 5.32. The van der Waals surface area contributed by atoms with E-state index in [9.17, 15) is 14.9 Å². The topological polar surface area (TPSA) is 81.5 Å². The molecule has 0 saturated carbocycles. The summed E-state index contributed by atoms with van der Waals surface area (Å²) in [6.07, 6.45) is 0. The van der Waals surface area contributed by atoms with Crippen molar-refractivity contribution in [1.82, 2.24) is 5.32 Å². The Morgan fingerprint density at radius 2 is 2.31 bits per heavy atom. The van der Waals surface area contributed by atoms with Crippen LogP contribution in [0.1, 0.15) is 0 Å². The summed E-state index contributed by atoms with van der Waals surface area (Å²) in [5.74, 6) is -0.407. The molecule has 1 aromatic rings. The monoisotopic (exact) mass is 244 g/mol. The van der Waals surface area contributed by atoms with Gasteiger partial charge >= 0.3 is 5.69 Å². The molecule has 7 heteroatoms. The first-order valence-electron chi connectivity index (χ1n) is 4.32. The summed E-state index contributed by atoms with van der Waals surface area (Å²) in [7, 11) is 1.44. The molecule has 0 atom stereocenters. The van der Waals surface area contributed by atoms with Crippen LogP contribution in [0.15, 0.2) is 18.2 Å². The molecule has 1 rings (SSSR count). The third kappa shape index (κ3) is 3.09. The molecule has 1 aromatic carbocycles. The summed E-state index contributed by atoms with van der Waals surface area (Å²) >= 11 is 5.67. The van der Waals surface area contributed by atoms with Crippen LogP contribution in [-0.2, 0) is 4.79 Å². The van der Waals surface area contributed by atoms with Gasteiger partial charge in [0.2, 0.25) is 0 Å². The maximum Gasteiger partial charge on any atom is 0.311 e. The molecule has 16 heavy (non-hydrogen) atoms. The van der Waals surface area contributed by atoms with Gasteiger partial charge in [-0.25, -0.2) is 0 Å². The molecule has 0 aliphatic rings. The summed E-state index contributed by atoms with van der Waals surface area (Å²) in [5, 5.41) is 13.3. The number of ether oxygens (including phenoxy) is 1. The van der Waals surface area contributed by atoms with Crippen molar-refractivity contribution >= 4 is 23.2 Å². The minimum atomic E-state index is -0.602. The molecule has 0 aromatic heterocycles. The van der Waals surface area contributed by atoms with Crippen LogP contribution in [0.4, 0.5) is 5.69 Å². The van der Waals surface area contributed by atoms with Gasteiger partial charge in [0, 0.05) is 24.2 Å². The van der Waals surface area contributed by atoms with Crippen molar-refractivity contribution in [2.24, 2.45) is 0 Å². The predicted octanol–water partition coefficient (Wildman–Crippen LogP) is 1.37. The zero-order chi connectivity index (χ0) is 12.1. The van der Waals surface area contributed by atoms with Crippen molar-refractivity contribution < 1.29 is 14.5 Å². The van der Waals surface area contributed by atoms with Gasteiger partial charge in [0.15, 0.2) is 12.4 Å². The molecule has 0 spiro atoms. The predicted molar refractivity (Wildman–Crippen MR) is 57.7 cm³/mol. The zero-order valence-electron chi connectivity index (χ0n) is 8.40. The number of likely N-dealkylation sites (N-methyl/N-ethyl adjacent to an activating group) is 1. The fraction of sp³-hybridized carbons (Fsp3) is 0.222. The Labute approximate surface area is 96.3 Å². The van der Waals surface area contributed by atoms with E-state index in [1.165, 1.54) is 25.2 Å². The van der Waals surface area contributed by atoms with Crippen LogP contribution in [0.2, 0.25) is 5.02 Å². The SMILES string of the molecule is CNC(=O)COc1cc(Cl)ccc1[N+](=O)[O-]. The number of nitro benzene ring substituents is 1. The summed E-state index contributed by atoms with van der Waals surface area (Å²) in [4.78, 5) is 20.9. The molecule has 0 saturated heterocycles. The van der Waals surface area contributed by atoms with Crippen LogP contribution in [-0.4, -0.2) is 24.5 Å². The van der Waals surface area contributed by atoms with Crippen molar-refractivity contribution in [2.75, 3.05) is 13.7 Å². The summed E-state index contributed by atoms with van der Waals surface area (Å²) < 4.78 is 4.99. The summed E-state index contributed by atoms with van der Waals surface area (Å²) in [6.45, 7) is -0.294. The second-order valence-corrected chi connectivity index (χ2v) is 3.27. The minimum absolute atomic E-state index is 0.0268. The maximum absolute atomic E-state index is 10.9. The number of halogens is 1. The number of hydrogen-bond acceptors (Lipinski definition) is 4. The van der Waals surface area contributed by atoms with Crippen molar-refractivity contribution in [3.63, 3.8) is 0 Å². The Kier molecular flexibility index (Phi) is 4.07. The molecule has 0 fully saturated rings. The van der Waals surface area contributed by atoms with Gasteiger partial charge in [-0.15, -0.1) is 0 Å². The van der Waals surface area contributed by atoms with Crippen LogP contribution < -0.4 is 10.1 Å². The molecule has 0 aliphatic carbocycles. The van der Waals surface area contributed by atoms with Gasteiger partial charge in [0.05, 0.1) is 4.92 Å². The molecular formula is C9H9ClN2O4. The molecule has 0 aliphatic heterocycles. The average molecular weight is 245 g/mol. The summed E-state index contributed by atoms with van der Waals surface area (Å²) in [6, 6.07) is 3.90. The van der Waals surface area contributed by atoms with Gasteiger partial charge in [0.25, 0.3) is 5.91 Å². The number of carbonyl (C=O) groups is 1. The summed E-state index contributed by atoms with van der Waals surface area (Å²) in [5.41, 5.74) is -0.228. The van der Waals surface area contributed by atoms with E-state index in [2.05, 4.69) is 5.32 Å². The highest BCUT2D eigenvalue weighted by Gasteiger charge is 2.16. The second-order valence-electron chi connectivity index (χ2n) is 2.83. The Morgan fingerprint density at radius 1 is 1.62 bits per heavy atom. The number of nitro groups is 1. The lowest BCUT2D eigenvalue weighted by molar-refractivity contribution is -0.385. The number of carbonyl (C=O) groups excluding carboxylic acids is 1. The van der Waals surface area contributed by atoms with Crippen molar-refractivity contribution in [3.8, 4) is 5.75 Å². The van der Waals surface area contributed by atoms with Crippen LogP contribution >= 0.6 is 11.6 Å². The largest absolute Gasteiger partial charge is 0.477 e. The van der Waals surface area contributed by atoms with E-state index in [0.717, 1.165) is 0 Å². The molecule has 6 nitrogen and oxygen atoms in total. The molecular weight excluding hydrogens is 236 g/mol.